The van der Waals surface area contributed by atoms with E-state index in [0.717, 1.165) is 29.5 Å². The Bertz CT molecular complexity index is 1230. The summed E-state index contributed by atoms with van der Waals surface area (Å²) in [6, 6.07) is 15.8. The molecule has 5 unspecified atom stereocenters. The van der Waals surface area contributed by atoms with E-state index >= 15 is 0 Å². The van der Waals surface area contributed by atoms with Crippen LogP contribution in [0.1, 0.15) is 67.1 Å². The second-order valence-corrected chi connectivity index (χ2v) is 11.9. The second kappa shape index (κ2) is 10.3. The molecule has 4 fully saturated rings. The molecule has 5 aliphatic rings. The largest absolute Gasteiger partial charge is 0.394 e. The van der Waals surface area contributed by atoms with Crippen LogP contribution in [0, 0.1) is 11.8 Å². The summed E-state index contributed by atoms with van der Waals surface area (Å²) >= 11 is 0. The van der Waals surface area contributed by atoms with Gasteiger partial charge in [0.05, 0.1) is 19.2 Å². The van der Waals surface area contributed by atoms with Gasteiger partial charge in [0.1, 0.15) is 5.60 Å². The fraction of sp³-hybridized carbons (Fsp3) is 0.548. The van der Waals surface area contributed by atoms with Gasteiger partial charge in [0.2, 0.25) is 12.3 Å². The number of ether oxygens (including phenoxy) is 2. The Morgan fingerprint density at radius 1 is 1.15 bits per heavy atom. The Morgan fingerprint density at radius 2 is 1.92 bits per heavy atom. The molecular weight excluding hydrogens is 494 g/mol. The third kappa shape index (κ3) is 4.78. The van der Waals surface area contributed by atoms with Crippen LogP contribution in [0.25, 0.3) is 0 Å². The summed E-state index contributed by atoms with van der Waals surface area (Å²) in [5, 5.41) is 12.5. The van der Waals surface area contributed by atoms with Crippen molar-refractivity contribution in [3.63, 3.8) is 0 Å². The molecule has 1 spiro atoms. The molecule has 3 saturated heterocycles. The van der Waals surface area contributed by atoms with Gasteiger partial charge in [0.25, 0.3) is 5.91 Å². The number of hydrogen-bond acceptors (Lipinski definition) is 6. The standard InChI is InChI=1S/C31H39N3O5/c1-19(2)26(18-35)32-28(37)24-11-12-25-23(15-24)13-14-31(25)29-34(30(38-29)39-31)17-27(36)33(20(3)22-9-10-22)16-21-7-5-4-6-8-21/h4-8,11-12,15,19-20,22,26,29-30,35H,9-10,13-14,16-18H2,1-3H3,(H,32,37). The molecule has 8 nitrogen and oxygen atoms in total. The molecule has 39 heavy (non-hydrogen) atoms. The maximum atomic E-state index is 13.7. The predicted molar refractivity (Wildman–Crippen MR) is 145 cm³/mol. The molecule has 1 saturated carbocycles. The number of rotatable bonds is 10. The first-order chi connectivity index (χ1) is 18.8. The summed E-state index contributed by atoms with van der Waals surface area (Å²) in [4.78, 5) is 30.6. The lowest BCUT2D eigenvalue weighted by atomic mass is 9.92. The third-order valence-electron chi connectivity index (χ3n) is 9.06. The first kappa shape index (κ1) is 26.4. The van der Waals surface area contributed by atoms with Crippen molar-refractivity contribution < 1.29 is 24.2 Å². The van der Waals surface area contributed by atoms with Crippen LogP contribution in [-0.4, -0.2) is 64.6 Å². The van der Waals surface area contributed by atoms with Gasteiger partial charge < -0.3 is 24.8 Å². The molecule has 208 valence electrons. The summed E-state index contributed by atoms with van der Waals surface area (Å²) in [5.74, 6) is 0.629. The number of aliphatic hydroxyl groups excluding tert-OH is 1. The van der Waals surface area contributed by atoms with E-state index in [-0.39, 0.29) is 49.2 Å². The Morgan fingerprint density at radius 3 is 2.62 bits per heavy atom. The average molecular weight is 534 g/mol. The lowest BCUT2D eigenvalue weighted by molar-refractivity contribution is -0.285. The van der Waals surface area contributed by atoms with E-state index in [2.05, 4.69) is 24.4 Å². The summed E-state index contributed by atoms with van der Waals surface area (Å²) in [6.45, 7) is 6.89. The van der Waals surface area contributed by atoms with E-state index in [1.54, 1.807) is 0 Å². The van der Waals surface area contributed by atoms with E-state index in [1.165, 1.54) is 12.8 Å². The highest BCUT2D eigenvalue weighted by Crippen LogP contribution is 2.56. The number of aliphatic hydroxyl groups is 1. The van der Waals surface area contributed by atoms with Crippen molar-refractivity contribution in [2.24, 2.45) is 11.8 Å². The summed E-state index contributed by atoms with van der Waals surface area (Å²) < 4.78 is 12.5. The highest BCUT2D eigenvalue weighted by molar-refractivity contribution is 5.94. The van der Waals surface area contributed by atoms with Crippen molar-refractivity contribution in [2.45, 2.75) is 83.3 Å². The van der Waals surface area contributed by atoms with E-state index in [9.17, 15) is 14.7 Å². The molecule has 2 N–H and O–H groups in total. The van der Waals surface area contributed by atoms with Crippen molar-refractivity contribution in [3.8, 4) is 0 Å². The molecule has 7 rings (SSSR count). The molecule has 3 heterocycles. The van der Waals surface area contributed by atoms with Gasteiger partial charge >= 0.3 is 0 Å². The average Bonchev–Trinajstić information content (AvgIpc) is 3.54. The zero-order valence-corrected chi connectivity index (χ0v) is 23.0. The van der Waals surface area contributed by atoms with Crippen LogP contribution in [0.15, 0.2) is 48.5 Å². The van der Waals surface area contributed by atoms with Gasteiger partial charge in [-0.1, -0.05) is 50.2 Å². The SMILES string of the molecule is CC(C)C(CO)NC(=O)c1ccc2c(c1)CCC21OC2OC1N2CC(=O)N(Cc1ccccc1)C(C)C1CC1. The number of aryl methyl sites for hydroxylation is 1. The van der Waals surface area contributed by atoms with Crippen LogP contribution < -0.4 is 5.32 Å². The van der Waals surface area contributed by atoms with Crippen LogP contribution in [0.5, 0.6) is 0 Å². The van der Waals surface area contributed by atoms with Gasteiger partial charge in [0.15, 0.2) is 6.23 Å². The maximum Gasteiger partial charge on any atom is 0.251 e. The summed E-state index contributed by atoms with van der Waals surface area (Å²) in [5.41, 5.74) is 3.21. The van der Waals surface area contributed by atoms with Crippen LogP contribution in [0.4, 0.5) is 0 Å². The third-order valence-corrected chi connectivity index (χ3v) is 9.06. The Kier molecular flexibility index (Phi) is 7.00. The summed E-state index contributed by atoms with van der Waals surface area (Å²) in [7, 11) is 0. The number of carbonyl (C=O) groups is 2. The smallest absolute Gasteiger partial charge is 0.251 e. The molecule has 5 atom stereocenters. The Hall–Kier alpha value is -2.78. The molecular formula is C31H39N3O5. The van der Waals surface area contributed by atoms with Gasteiger partial charge in [-0.15, -0.1) is 0 Å². The monoisotopic (exact) mass is 533 g/mol. The molecule has 3 aliphatic heterocycles. The Balaban J connectivity index is 1.16. The number of hydrogen-bond donors (Lipinski definition) is 2. The van der Waals surface area contributed by atoms with Crippen molar-refractivity contribution in [2.75, 3.05) is 13.2 Å². The van der Waals surface area contributed by atoms with Crippen molar-refractivity contribution in [1.29, 1.82) is 0 Å². The fourth-order valence-electron chi connectivity index (χ4n) is 6.37. The first-order valence-electron chi connectivity index (χ1n) is 14.3. The molecule has 8 heteroatoms. The number of carbonyl (C=O) groups excluding carboxylic acids is 2. The maximum absolute atomic E-state index is 13.7. The minimum absolute atomic E-state index is 0.0948. The second-order valence-electron chi connectivity index (χ2n) is 11.9. The highest BCUT2D eigenvalue weighted by atomic mass is 16.8. The zero-order valence-electron chi connectivity index (χ0n) is 23.0. The van der Waals surface area contributed by atoms with E-state index < -0.39 is 12.0 Å². The minimum atomic E-state index is -0.618. The molecule has 2 aliphatic carbocycles. The number of amides is 2. The topological polar surface area (TPSA) is 91.3 Å². The zero-order chi connectivity index (χ0) is 27.3. The van der Waals surface area contributed by atoms with Crippen molar-refractivity contribution >= 4 is 11.8 Å². The molecule has 2 aromatic rings. The van der Waals surface area contributed by atoms with Crippen LogP contribution in [-0.2, 0) is 32.8 Å². The number of fused-ring (bicyclic) bond motifs is 1. The van der Waals surface area contributed by atoms with Gasteiger partial charge in [0, 0.05) is 18.2 Å². The van der Waals surface area contributed by atoms with E-state index in [0.29, 0.717) is 18.0 Å². The number of nitrogens with zero attached hydrogens (tertiary/aromatic N) is 2. The van der Waals surface area contributed by atoms with E-state index in [4.69, 9.17) is 9.47 Å². The fourth-order valence-corrected chi connectivity index (χ4v) is 6.37. The number of nitrogens with one attached hydrogen (secondary N) is 1. The molecule has 2 aromatic carbocycles. The summed E-state index contributed by atoms with van der Waals surface area (Å²) in [6.07, 6.45) is 3.03. The van der Waals surface area contributed by atoms with Gasteiger partial charge in [-0.25, -0.2) is 4.90 Å². The van der Waals surface area contributed by atoms with E-state index in [1.807, 2.05) is 60.0 Å². The number of benzene rings is 2. The minimum Gasteiger partial charge on any atom is -0.394 e. The molecule has 2 amide bonds. The first-order valence-corrected chi connectivity index (χ1v) is 14.3. The van der Waals surface area contributed by atoms with Gasteiger partial charge in [-0.05, 0) is 73.3 Å². The molecule has 0 aromatic heterocycles. The van der Waals surface area contributed by atoms with Gasteiger partial charge in [-0.3, -0.25) is 9.59 Å². The lowest BCUT2D eigenvalue weighted by Gasteiger charge is -2.41. The predicted octanol–water partition coefficient (Wildman–Crippen LogP) is 3.37. The Labute approximate surface area is 230 Å². The molecule has 2 bridgehead atoms. The van der Waals surface area contributed by atoms with Crippen LogP contribution >= 0.6 is 0 Å². The van der Waals surface area contributed by atoms with Crippen LogP contribution in [0.2, 0.25) is 0 Å². The van der Waals surface area contributed by atoms with Gasteiger partial charge in [-0.2, -0.15) is 0 Å². The normalized spacial score (nSPS) is 26.8. The highest BCUT2D eigenvalue weighted by Gasteiger charge is 2.66. The van der Waals surface area contributed by atoms with Crippen LogP contribution in [0.3, 0.4) is 0 Å². The van der Waals surface area contributed by atoms with Crippen molar-refractivity contribution in [1.82, 2.24) is 15.1 Å². The van der Waals surface area contributed by atoms with Crippen molar-refractivity contribution in [3.05, 3.63) is 70.8 Å². The molecule has 0 radical (unpaired) electrons. The quantitative estimate of drug-likeness (QED) is 0.487. The lowest BCUT2D eigenvalue weighted by Crippen LogP contribution is -2.59.